The molecular weight excluding hydrogens is 316 g/mol. The van der Waals surface area contributed by atoms with E-state index in [9.17, 15) is 15.2 Å². The van der Waals surface area contributed by atoms with Crippen LogP contribution in [0.2, 0.25) is 0 Å². The van der Waals surface area contributed by atoms with Gasteiger partial charge in [-0.15, -0.1) is 0 Å². The molecule has 3 heterocycles. The van der Waals surface area contributed by atoms with Crippen molar-refractivity contribution in [1.29, 1.82) is 5.26 Å². The fourth-order valence-corrected chi connectivity index (χ4v) is 4.14. The van der Waals surface area contributed by atoms with E-state index in [1.54, 1.807) is 6.07 Å². The van der Waals surface area contributed by atoms with E-state index in [0.717, 1.165) is 37.8 Å². The lowest BCUT2D eigenvalue weighted by molar-refractivity contribution is -0.0593. The summed E-state index contributed by atoms with van der Waals surface area (Å²) in [6.07, 6.45) is 5.32. The van der Waals surface area contributed by atoms with Gasteiger partial charge in [-0.25, -0.2) is 4.79 Å². The number of hydrogen-bond donors (Lipinski definition) is 1. The number of hydrogen-bond acceptors (Lipinski definition) is 3. The zero-order chi connectivity index (χ0) is 17.8. The Kier molecular flexibility index (Phi) is 3.45. The number of pyridine rings is 1. The summed E-state index contributed by atoms with van der Waals surface area (Å²) < 4.78 is 7.70. The summed E-state index contributed by atoms with van der Waals surface area (Å²) in [4.78, 5) is 11.7. The third-order valence-corrected chi connectivity index (χ3v) is 5.61. The Bertz CT molecular complexity index is 900. The van der Waals surface area contributed by atoms with Gasteiger partial charge in [-0.1, -0.05) is 0 Å². The Morgan fingerprint density at radius 2 is 2.16 bits per heavy atom. The van der Waals surface area contributed by atoms with Crippen molar-refractivity contribution in [3.63, 3.8) is 0 Å². The number of nitriles is 1. The van der Waals surface area contributed by atoms with Gasteiger partial charge >= 0.3 is 5.97 Å². The molecule has 2 aromatic heterocycles. The zero-order valence-corrected chi connectivity index (χ0v) is 14.6. The van der Waals surface area contributed by atoms with E-state index >= 15 is 0 Å². The standard InChI is InChI=1S/C20H22N2O3/c1-19(2)11-14(4-8-25-19)13-3-7-22-15(9-13)10-16(18(23)24)17(22)20(12-21)5-6-20/h3,7,9-10,14H,4-6,8,11H2,1-2H3,(H,23,24)/t14-/m1/s1. The summed E-state index contributed by atoms with van der Waals surface area (Å²) in [7, 11) is 0. The fourth-order valence-electron chi connectivity index (χ4n) is 4.14. The van der Waals surface area contributed by atoms with Crippen LogP contribution in [-0.4, -0.2) is 27.7 Å². The first-order valence-corrected chi connectivity index (χ1v) is 8.79. The van der Waals surface area contributed by atoms with Crippen molar-refractivity contribution in [1.82, 2.24) is 4.40 Å². The maximum absolute atomic E-state index is 11.7. The van der Waals surface area contributed by atoms with E-state index in [1.165, 1.54) is 5.56 Å². The van der Waals surface area contributed by atoms with Crippen LogP contribution in [0.1, 0.15) is 67.1 Å². The summed E-state index contributed by atoms with van der Waals surface area (Å²) in [5, 5.41) is 19.1. The molecule has 2 aromatic rings. The lowest BCUT2D eigenvalue weighted by Gasteiger charge is -2.35. The lowest BCUT2D eigenvalue weighted by Crippen LogP contribution is -2.33. The van der Waals surface area contributed by atoms with Crippen molar-refractivity contribution in [2.75, 3.05) is 6.61 Å². The van der Waals surface area contributed by atoms with Crippen LogP contribution < -0.4 is 0 Å². The van der Waals surface area contributed by atoms with E-state index in [1.807, 2.05) is 10.6 Å². The number of carboxylic acid groups (broad SMARTS) is 1. The number of rotatable bonds is 3. The molecule has 1 atom stereocenters. The van der Waals surface area contributed by atoms with Gasteiger partial charge in [-0.3, -0.25) is 0 Å². The smallest absolute Gasteiger partial charge is 0.337 e. The minimum atomic E-state index is -0.964. The second kappa shape index (κ2) is 5.34. The number of carboxylic acids is 1. The summed E-state index contributed by atoms with van der Waals surface area (Å²) in [5.41, 5.74) is 2.19. The van der Waals surface area contributed by atoms with Crippen molar-refractivity contribution in [2.45, 2.75) is 56.5 Å². The molecule has 2 aliphatic rings. The first-order valence-electron chi connectivity index (χ1n) is 8.79. The van der Waals surface area contributed by atoms with Crippen LogP contribution in [0.3, 0.4) is 0 Å². The highest BCUT2D eigenvalue weighted by Gasteiger charge is 2.49. The molecule has 25 heavy (non-hydrogen) atoms. The van der Waals surface area contributed by atoms with Crippen LogP contribution in [0, 0.1) is 11.3 Å². The molecule has 2 fully saturated rings. The molecule has 1 saturated carbocycles. The molecule has 1 saturated heterocycles. The van der Waals surface area contributed by atoms with Gasteiger partial charge in [0.25, 0.3) is 0 Å². The predicted molar refractivity (Wildman–Crippen MR) is 92.9 cm³/mol. The SMILES string of the molecule is CC1(C)C[C@H](c2ccn3c(C4(C#N)CC4)c(C(=O)O)cc3c2)CCO1. The van der Waals surface area contributed by atoms with Gasteiger partial charge in [0.15, 0.2) is 0 Å². The van der Waals surface area contributed by atoms with E-state index in [0.29, 0.717) is 11.6 Å². The van der Waals surface area contributed by atoms with Crippen molar-refractivity contribution in [3.05, 3.63) is 41.2 Å². The molecule has 1 N–H and O–H groups in total. The van der Waals surface area contributed by atoms with Crippen molar-refractivity contribution >= 4 is 11.5 Å². The van der Waals surface area contributed by atoms with Crippen LogP contribution in [0.25, 0.3) is 5.52 Å². The van der Waals surface area contributed by atoms with Gasteiger partial charge in [0, 0.05) is 18.3 Å². The largest absolute Gasteiger partial charge is 0.478 e. The third-order valence-electron chi connectivity index (χ3n) is 5.61. The maximum Gasteiger partial charge on any atom is 0.337 e. The quantitative estimate of drug-likeness (QED) is 0.922. The van der Waals surface area contributed by atoms with Crippen LogP contribution in [-0.2, 0) is 10.2 Å². The van der Waals surface area contributed by atoms with Gasteiger partial charge in [0.2, 0.25) is 0 Å². The molecule has 130 valence electrons. The van der Waals surface area contributed by atoms with Crippen LogP contribution >= 0.6 is 0 Å². The van der Waals surface area contributed by atoms with Crippen LogP contribution in [0.4, 0.5) is 0 Å². The van der Waals surface area contributed by atoms with Crippen LogP contribution in [0.5, 0.6) is 0 Å². The molecule has 0 bridgehead atoms. The molecule has 0 spiro atoms. The average molecular weight is 338 g/mol. The highest BCUT2D eigenvalue weighted by molar-refractivity contribution is 5.92. The number of aromatic carboxylic acids is 1. The maximum atomic E-state index is 11.7. The minimum Gasteiger partial charge on any atom is -0.478 e. The van der Waals surface area contributed by atoms with Gasteiger partial charge in [0.1, 0.15) is 0 Å². The molecular formula is C20H22N2O3. The molecule has 5 heteroatoms. The predicted octanol–water partition coefficient (Wildman–Crippen LogP) is 3.87. The first-order chi connectivity index (χ1) is 11.9. The first kappa shape index (κ1) is 16.2. The minimum absolute atomic E-state index is 0.132. The molecule has 4 rings (SSSR count). The van der Waals surface area contributed by atoms with E-state index < -0.39 is 11.4 Å². The molecule has 0 radical (unpaired) electrons. The summed E-state index contributed by atoms with van der Waals surface area (Å²) >= 11 is 0. The second-order valence-electron chi connectivity index (χ2n) is 7.96. The molecule has 5 nitrogen and oxygen atoms in total. The fraction of sp³-hybridized carbons (Fsp3) is 0.500. The van der Waals surface area contributed by atoms with Crippen molar-refractivity contribution < 1.29 is 14.6 Å². The Morgan fingerprint density at radius 1 is 1.40 bits per heavy atom. The van der Waals surface area contributed by atoms with E-state index in [-0.39, 0.29) is 11.2 Å². The van der Waals surface area contributed by atoms with E-state index in [4.69, 9.17) is 4.74 Å². The third kappa shape index (κ3) is 2.61. The Hall–Kier alpha value is -2.32. The van der Waals surface area contributed by atoms with Gasteiger partial charge in [0.05, 0.1) is 28.3 Å². The summed E-state index contributed by atoms with van der Waals surface area (Å²) in [5.74, 6) is -0.555. The molecule has 1 aliphatic carbocycles. The summed E-state index contributed by atoms with van der Waals surface area (Å²) in [6, 6.07) is 8.19. The van der Waals surface area contributed by atoms with Gasteiger partial charge < -0.3 is 14.2 Å². The Morgan fingerprint density at radius 3 is 2.76 bits per heavy atom. The Labute approximate surface area is 146 Å². The number of nitrogens with zero attached hydrogens (tertiary/aromatic N) is 2. The number of fused-ring (bicyclic) bond motifs is 1. The topological polar surface area (TPSA) is 74.7 Å². The second-order valence-corrected chi connectivity index (χ2v) is 7.96. The monoisotopic (exact) mass is 338 g/mol. The van der Waals surface area contributed by atoms with E-state index in [2.05, 4.69) is 32.0 Å². The number of ether oxygens (including phenoxy) is 1. The Balaban J connectivity index is 1.80. The van der Waals surface area contributed by atoms with Gasteiger partial charge in [-0.2, -0.15) is 5.26 Å². The molecule has 0 aromatic carbocycles. The van der Waals surface area contributed by atoms with Crippen LogP contribution in [0.15, 0.2) is 24.4 Å². The highest BCUT2D eigenvalue weighted by atomic mass is 16.5. The lowest BCUT2D eigenvalue weighted by atomic mass is 9.84. The zero-order valence-electron chi connectivity index (χ0n) is 14.6. The molecule has 0 amide bonds. The normalized spacial score (nSPS) is 24.0. The highest BCUT2D eigenvalue weighted by Crippen LogP contribution is 2.49. The number of aromatic nitrogens is 1. The molecule has 0 unspecified atom stereocenters. The molecule has 1 aliphatic heterocycles. The average Bonchev–Trinajstić information content (AvgIpc) is 3.26. The van der Waals surface area contributed by atoms with Crippen molar-refractivity contribution in [2.24, 2.45) is 0 Å². The summed E-state index contributed by atoms with van der Waals surface area (Å²) in [6.45, 7) is 4.96. The van der Waals surface area contributed by atoms with Gasteiger partial charge in [-0.05, 0) is 69.2 Å². The number of carbonyl (C=O) groups is 1. The van der Waals surface area contributed by atoms with Crippen molar-refractivity contribution in [3.8, 4) is 6.07 Å².